The highest BCUT2D eigenvalue weighted by Gasteiger charge is 2.24. The van der Waals surface area contributed by atoms with Crippen LogP contribution in [0.15, 0.2) is 51.7 Å². The summed E-state index contributed by atoms with van der Waals surface area (Å²) in [5.41, 5.74) is 4.11. The van der Waals surface area contributed by atoms with E-state index >= 15 is 0 Å². The lowest BCUT2D eigenvalue weighted by molar-refractivity contribution is -0.134. The predicted octanol–water partition coefficient (Wildman–Crippen LogP) is 1.74. The minimum absolute atomic E-state index is 0.0624. The summed E-state index contributed by atoms with van der Waals surface area (Å²) in [7, 11) is 3.33. The molecule has 4 rings (SSSR count). The highest BCUT2D eigenvalue weighted by Crippen LogP contribution is 2.24. The molecule has 2 N–H and O–H groups in total. The summed E-state index contributed by atoms with van der Waals surface area (Å²) in [6.45, 7) is 1.45. The predicted molar refractivity (Wildman–Crippen MR) is 126 cm³/mol. The summed E-state index contributed by atoms with van der Waals surface area (Å²) in [5.74, 6) is -0.697. The van der Waals surface area contributed by atoms with Gasteiger partial charge in [0, 0.05) is 33.7 Å². The van der Waals surface area contributed by atoms with Gasteiger partial charge in [0.2, 0.25) is 0 Å². The van der Waals surface area contributed by atoms with Gasteiger partial charge in [-0.1, -0.05) is 30.3 Å². The number of carbonyl (C=O) groups is 1. The van der Waals surface area contributed by atoms with Gasteiger partial charge in [-0.2, -0.15) is 5.26 Å². The Labute approximate surface area is 197 Å². The van der Waals surface area contributed by atoms with Crippen LogP contribution in [0.4, 0.5) is 0 Å². The maximum Gasteiger partial charge on any atom is 0.419 e. The Morgan fingerprint density at radius 1 is 1.26 bits per heavy atom. The number of hydrogen-bond acceptors (Lipinski definition) is 7. The average Bonchev–Trinajstić information content (AvgIpc) is 3.12. The van der Waals surface area contributed by atoms with E-state index in [2.05, 4.69) is 16.7 Å². The number of oxazole rings is 1. The monoisotopic (exact) mass is 464 g/mol. The van der Waals surface area contributed by atoms with Crippen LogP contribution in [0.2, 0.25) is 0 Å². The zero-order valence-electron chi connectivity index (χ0n) is 19.2. The number of hydrogen-bond donors (Lipinski definition) is 2. The molecule has 1 amide bonds. The van der Waals surface area contributed by atoms with E-state index in [-0.39, 0.29) is 12.0 Å². The van der Waals surface area contributed by atoms with Gasteiger partial charge in [0.05, 0.1) is 24.3 Å². The third kappa shape index (κ3) is 5.37. The normalized spacial score (nSPS) is 19.7. The Morgan fingerprint density at radius 3 is 2.76 bits per heavy atom. The molecule has 1 fully saturated rings. The zero-order chi connectivity index (χ0) is 24.1. The Balaban J connectivity index is 1.38. The zero-order valence-corrected chi connectivity index (χ0v) is 19.2. The number of fused-ring (bicyclic) bond motifs is 1. The molecule has 1 aliphatic heterocycles. The molecule has 0 spiro atoms. The molecule has 9 nitrogen and oxygen atoms in total. The fourth-order valence-corrected chi connectivity index (χ4v) is 4.02. The Kier molecular flexibility index (Phi) is 7.43. The molecule has 1 aliphatic rings. The number of benzene rings is 2. The van der Waals surface area contributed by atoms with Crippen LogP contribution in [0.3, 0.4) is 0 Å². The maximum absolute atomic E-state index is 12.7. The van der Waals surface area contributed by atoms with Crippen molar-refractivity contribution in [1.82, 2.24) is 15.2 Å². The molecule has 0 unspecified atom stereocenters. The summed E-state index contributed by atoms with van der Waals surface area (Å²) in [4.78, 5) is 24.4. The second-order valence-corrected chi connectivity index (χ2v) is 8.36. The van der Waals surface area contributed by atoms with E-state index in [0.717, 1.165) is 22.2 Å². The molecule has 0 radical (unpaired) electrons. The first-order valence-corrected chi connectivity index (χ1v) is 11.2. The van der Waals surface area contributed by atoms with Gasteiger partial charge in [0.1, 0.15) is 12.1 Å². The first-order valence-electron chi connectivity index (χ1n) is 11.2. The number of ether oxygens (including phenoxy) is 2. The molecule has 2 heterocycles. The lowest BCUT2D eigenvalue weighted by Crippen LogP contribution is -2.49. The van der Waals surface area contributed by atoms with Crippen molar-refractivity contribution in [2.45, 2.75) is 31.1 Å². The van der Waals surface area contributed by atoms with E-state index in [4.69, 9.17) is 13.9 Å². The minimum Gasteiger partial charge on any atom is -0.408 e. The van der Waals surface area contributed by atoms with Crippen molar-refractivity contribution in [1.29, 1.82) is 5.26 Å². The minimum atomic E-state index is -0.670. The molecule has 0 aliphatic carbocycles. The number of nitrogens with zero attached hydrogens (tertiary/aromatic N) is 2. The first kappa shape index (κ1) is 23.7. The Hall–Kier alpha value is -3.45. The van der Waals surface area contributed by atoms with Crippen LogP contribution in [0.1, 0.15) is 12.0 Å². The molecule has 9 heteroatoms. The van der Waals surface area contributed by atoms with Gasteiger partial charge in [0.15, 0.2) is 5.58 Å². The summed E-state index contributed by atoms with van der Waals surface area (Å²) in [6, 6.07) is 14.9. The van der Waals surface area contributed by atoms with Crippen molar-refractivity contribution in [2.24, 2.45) is 7.05 Å². The number of amides is 1. The number of nitriles is 1. The largest absolute Gasteiger partial charge is 0.419 e. The fraction of sp³-hybridized carbons (Fsp3) is 0.400. The molecule has 1 aromatic heterocycles. The van der Waals surface area contributed by atoms with E-state index in [0.29, 0.717) is 38.1 Å². The van der Waals surface area contributed by atoms with Crippen LogP contribution in [0.25, 0.3) is 22.2 Å². The van der Waals surface area contributed by atoms with E-state index in [1.165, 1.54) is 4.57 Å². The number of carbonyl (C=O) groups excluding carboxylic acids is 1. The quantitative estimate of drug-likeness (QED) is 0.570. The van der Waals surface area contributed by atoms with E-state index in [1.54, 1.807) is 20.2 Å². The van der Waals surface area contributed by atoms with Crippen molar-refractivity contribution in [2.75, 3.05) is 26.8 Å². The molecule has 34 heavy (non-hydrogen) atoms. The summed E-state index contributed by atoms with van der Waals surface area (Å²) >= 11 is 0. The summed E-state index contributed by atoms with van der Waals surface area (Å²) in [6.07, 6.45) is 0.492. The topological polar surface area (TPSA) is 119 Å². The second kappa shape index (κ2) is 10.7. The van der Waals surface area contributed by atoms with Gasteiger partial charge in [-0.25, -0.2) is 4.79 Å². The van der Waals surface area contributed by atoms with Gasteiger partial charge in [-0.05, 0) is 35.2 Å². The SMILES string of the molecule is CO[C@H]1CCO[C@H](C(=O)N[C@H](C#N)Cc2ccc(-c3ccc4oc(=O)n(C)c4c3)cc2)CNC1. The first-order chi connectivity index (χ1) is 16.5. The second-order valence-electron chi connectivity index (χ2n) is 8.36. The van der Waals surface area contributed by atoms with Gasteiger partial charge in [-0.15, -0.1) is 0 Å². The van der Waals surface area contributed by atoms with E-state index < -0.39 is 17.9 Å². The molecular formula is C25H28N4O5. The Bertz CT molecular complexity index is 1230. The van der Waals surface area contributed by atoms with Gasteiger partial charge in [-0.3, -0.25) is 9.36 Å². The van der Waals surface area contributed by atoms with Crippen molar-refractivity contribution in [3.8, 4) is 17.2 Å². The lowest BCUT2D eigenvalue weighted by Gasteiger charge is -2.25. The van der Waals surface area contributed by atoms with Crippen LogP contribution in [0, 0.1) is 11.3 Å². The highest BCUT2D eigenvalue weighted by molar-refractivity contribution is 5.82. The van der Waals surface area contributed by atoms with E-state index in [1.807, 2.05) is 36.4 Å². The molecule has 178 valence electrons. The van der Waals surface area contributed by atoms with Gasteiger partial charge < -0.3 is 24.5 Å². The van der Waals surface area contributed by atoms with Crippen molar-refractivity contribution < 1.29 is 18.7 Å². The number of aryl methyl sites for hydroxylation is 1. The van der Waals surface area contributed by atoms with Crippen molar-refractivity contribution in [3.63, 3.8) is 0 Å². The average molecular weight is 465 g/mol. The Morgan fingerprint density at radius 2 is 2.03 bits per heavy atom. The molecule has 1 saturated heterocycles. The smallest absolute Gasteiger partial charge is 0.408 e. The molecular weight excluding hydrogens is 436 g/mol. The van der Waals surface area contributed by atoms with Crippen LogP contribution >= 0.6 is 0 Å². The van der Waals surface area contributed by atoms with Crippen molar-refractivity contribution in [3.05, 3.63) is 58.6 Å². The third-order valence-electron chi connectivity index (χ3n) is 6.08. The lowest BCUT2D eigenvalue weighted by atomic mass is 10.0. The molecule has 0 saturated carbocycles. The molecule has 3 aromatic rings. The van der Waals surface area contributed by atoms with E-state index in [9.17, 15) is 14.9 Å². The number of aromatic nitrogens is 1. The third-order valence-corrected chi connectivity index (χ3v) is 6.08. The number of rotatable bonds is 6. The molecule has 2 aromatic carbocycles. The number of nitrogens with one attached hydrogen (secondary N) is 2. The molecule has 0 bridgehead atoms. The maximum atomic E-state index is 12.7. The van der Waals surface area contributed by atoms with Crippen molar-refractivity contribution >= 4 is 17.0 Å². The summed E-state index contributed by atoms with van der Waals surface area (Å²) in [5, 5.41) is 15.6. The van der Waals surface area contributed by atoms with Crippen LogP contribution < -0.4 is 16.4 Å². The van der Waals surface area contributed by atoms with Crippen LogP contribution in [0.5, 0.6) is 0 Å². The van der Waals surface area contributed by atoms with Crippen LogP contribution in [-0.2, 0) is 27.7 Å². The highest BCUT2D eigenvalue weighted by atomic mass is 16.5. The van der Waals surface area contributed by atoms with Crippen LogP contribution in [-0.4, -0.2) is 55.5 Å². The fourth-order valence-electron chi connectivity index (χ4n) is 4.02. The van der Waals surface area contributed by atoms with Gasteiger partial charge >= 0.3 is 5.76 Å². The number of methoxy groups -OCH3 is 1. The van der Waals surface area contributed by atoms with Gasteiger partial charge in [0.25, 0.3) is 5.91 Å². The summed E-state index contributed by atoms with van der Waals surface area (Å²) < 4.78 is 17.7. The standard InChI is InChI=1S/C25H28N4O5/c1-29-21-12-18(7-8-22(21)34-25(29)31)17-5-3-16(4-6-17)11-19(13-26)28-24(30)23-15-27-14-20(32-2)9-10-33-23/h3-8,12,19-20,23,27H,9-11,14-15H2,1-2H3,(H,28,30)/t19-,20-,23-/m0/s1. The molecule has 3 atom stereocenters.